The summed E-state index contributed by atoms with van der Waals surface area (Å²) in [4.78, 5) is 49.4. The van der Waals surface area contributed by atoms with Crippen LogP contribution in [-0.2, 0) is 0 Å². The molecule has 374 valence electrons. The molecule has 8 rings (SSSR count). The molecule has 0 bridgehead atoms. The smallest absolute Gasteiger partial charge is 0.267 e. The van der Waals surface area contributed by atoms with Crippen LogP contribution in [0.3, 0.4) is 0 Å². The van der Waals surface area contributed by atoms with E-state index in [1.54, 1.807) is 73.4 Å². The standard InChI is InChI=1S/C36H26N4O2.C24H30N4O2.C2H6/c41-35(39-37-23-25-9-11-27-5-1-3-7-33(27)21-25)31-17-13-29(14-18-31)30-15-19-32(20-16-30)36(42)40-38-24-26-10-12-28-6-2-4-8-34(28)22-26;1-17(2)13-15-25-27-23(29)21-9-5-19(6-10-21)20-7-11-22(12-8-20)24(30)28-26-16-14-18(3)4;1-2/h1-24H,(H,39,41)(H,40,42);5-12,15-18H,13-14H2,1-4H3,(H,27,29)(H,28,30);1-2H3/b37-23+,38-24+;25-15+,26-16+;. The predicted octanol–water partition coefficient (Wildman–Crippen LogP) is 13.1. The Kier molecular flexibility index (Phi) is 20.5. The minimum atomic E-state index is -0.296. The van der Waals surface area contributed by atoms with E-state index in [9.17, 15) is 19.2 Å². The molecule has 4 N–H and O–H groups in total. The van der Waals surface area contributed by atoms with E-state index in [-0.39, 0.29) is 23.6 Å². The molecular formula is C62H62N8O4. The molecular weight excluding hydrogens is 921 g/mol. The number of hydrogen-bond acceptors (Lipinski definition) is 8. The molecule has 4 amide bonds. The number of hydrogen-bond donors (Lipinski definition) is 4. The number of carbonyl (C=O) groups excluding carboxylic acids is 4. The Balaban J connectivity index is 0.000000247. The number of benzene rings is 8. The second kappa shape index (κ2) is 28.0. The van der Waals surface area contributed by atoms with Gasteiger partial charge in [0, 0.05) is 34.7 Å². The monoisotopic (exact) mass is 982 g/mol. The lowest BCUT2D eigenvalue weighted by Gasteiger charge is -2.06. The maximum absolute atomic E-state index is 12.6. The van der Waals surface area contributed by atoms with Crippen LogP contribution in [0.1, 0.15) is 107 Å². The Morgan fingerprint density at radius 2 is 0.635 bits per heavy atom. The molecule has 0 atom stereocenters. The Morgan fingerprint density at radius 1 is 0.365 bits per heavy atom. The van der Waals surface area contributed by atoms with E-state index in [1.165, 1.54) is 0 Å². The number of carbonyl (C=O) groups is 4. The quantitative estimate of drug-likeness (QED) is 0.0559. The molecule has 0 radical (unpaired) electrons. The van der Waals surface area contributed by atoms with Gasteiger partial charge in [-0.1, -0.05) is 163 Å². The normalized spacial score (nSPS) is 11.2. The highest BCUT2D eigenvalue weighted by atomic mass is 16.2. The zero-order valence-corrected chi connectivity index (χ0v) is 42.6. The Labute approximate surface area is 433 Å². The molecule has 0 aliphatic rings. The molecule has 0 saturated heterocycles. The van der Waals surface area contributed by atoms with Crippen molar-refractivity contribution < 1.29 is 19.2 Å². The summed E-state index contributed by atoms with van der Waals surface area (Å²) in [5.41, 5.74) is 17.9. The Hall–Kier alpha value is -9.16. The summed E-state index contributed by atoms with van der Waals surface area (Å²) in [6.45, 7) is 12.4. The van der Waals surface area contributed by atoms with Gasteiger partial charge in [-0.25, -0.2) is 21.7 Å². The lowest BCUT2D eigenvalue weighted by Crippen LogP contribution is -2.17. The van der Waals surface area contributed by atoms with Crippen molar-refractivity contribution >= 4 is 70.0 Å². The van der Waals surface area contributed by atoms with Gasteiger partial charge >= 0.3 is 0 Å². The average molecular weight is 983 g/mol. The first-order chi connectivity index (χ1) is 36.0. The van der Waals surface area contributed by atoms with E-state index in [0.29, 0.717) is 34.1 Å². The maximum Gasteiger partial charge on any atom is 0.271 e. The van der Waals surface area contributed by atoms with Gasteiger partial charge < -0.3 is 0 Å². The summed E-state index contributed by atoms with van der Waals surface area (Å²) in [5.74, 6) is -0.0806. The van der Waals surface area contributed by atoms with Crippen molar-refractivity contribution in [1.29, 1.82) is 0 Å². The van der Waals surface area contributed by atoms with E-state index >= 15 is 0 Å². The molecule has 12 heteroatoms. The van der Waals surface area contributed by atoms with Gasteiger partial charge in [0.2, 0.25) is 0 Å². The highest BCUT2D eigenvalue weighted by molar-refractivity contribution is 5.98. The van der Waals surface area contributed by atoms with E-state index in [0.717, 1.165) is 67.8 Å². The summed E-state index contributed by atoms with van der Waals surface area (Å²) >= 11 is 0. The van der Waals surface area contributed by atoms with Crippen LogP contribution >= 0.6 is 0 Å². The summed E-state index contributed by atoms with van der Waals surface area (Å²) in [7, 11) is 0. The number of amides is 4. The molecule has 74 heavy (non-hydrogen) atoms. The van der Waals surface area contributed by atoms with Gasteiger partial charge in [0.15, 0.2) is 0 Å². The van der Waals surface area contributed by atoms with Crippen LogP contribution in [-0.4, -0.2) is 48.5 Å². The molecule has 12 nitrogen and oxygen atoms in total. The van der Waals surface area contributed by atoms with E-state index in [4.69, 9.17) is 0 Å². The van der Waals surface area contributed by atoms with E-state index < -0.39 is 0 Å². The molecule has 0 aliphatic heterocycles. The average Bonchev–Trinajstić information content (AvgIpc) is 3.43. The van der Waals surface area contributed by atoms with Gasteiger partial charge in [0.1, 0.15) is 0 Å². The SMILES string of the molecule is CC.CC(C)C/C=N/NC(=O)c1ccc(-c2ccc(C(=O)N/N=C/CC(C)C)cc2)cc1.O=C(N/N=C/c1ccc2ccccc2c1)c1ccc(-c2ccc(C(=O)N/N=C/c3ccc4ccccc4c3)cc2)cc1. The summed E-state index contributed by atoms with van der Waals surface area (Å²) < 4.78 is 0. The molecule has 8 aromatic carbocycles. The minimum absolute atomic E-state index is 0.244. The van der Waals surface area contributed by atoms with Crippen LogP contribution in [0.5, 0.6) is 0 Å². The van der Waals surface area contributed by atoms with Crippen molar-refractivity contribution in [2.24, 2.45) is 32.2 Å². The fourth-order valence-electron chi connectivity index (χ4n) is 7.16. The molecule has 0 heterocycles. The van der Waals surface area contributed by atoms with Crippen LogP contribution in [0.15, 0.2) is 202 Å². The first kappa shape index (κ1) is 54.2. The van der Waals surface area contributed by atoms with Gasteiger partial charge in [-0.15, -0.1) is 0 Å². The zero-order valence-electron chi connectivity index (χ0n) is 42.6. The molecule has 0 spiro atoms. The van der Waals surface area contributed by atoms with Crippen LogP contribution in [0.2, 0.25) is 0 Å². The number of nitrogens with zero attached hydrogens (tertiary/aromatic N) is 4. The largest absolute Gasteiger partial charge is 0.271 e. The highest BCUT2D eigenvalue weighted by Crippen LogP contribution is 2.23. The topological polar surface area (TPSA) is 166 Å². The number of hydrazone groups is 4. The Morgan fingerprint density at radius 3 is 0.919 bits per heavy atom. The van der Waals surface area contributed by atoms with Gasteiger partial charge in [0.05, 0.1) is 12.4 Å². The van der Waals surface area contributed by atoms with Crippen molar-refractivity contribution in [2.45, 2.75) is 54.4 Å². The second-order valence-electron chi connectivity index (χ2n) is 17.7. The summed E-state index contributed by atoms with van der Waals surface area (Å²) in [5, 5.41) is 20.7. The van der Waals surface area contributed by atoms with Crippen LogP contribution in [0.4, 0.5) is 0 Å². The van der Waals surface area contributed by atoms with Crippen molar-refractivity contribution in [3.63, 3.8) is 0 Å². The van der Waals surface area contributed by atoms with Gasteiger partial charge in [-0.2, -0.15) is 20.4 Å². The third-order valence-electron chi connectivity index (χ3n) is 11.2. The highest BCUT2D eigenvalue weighted by Gasteiger charge is 2.10. The van der Waals surface area contributed by atoms with E-state index in [2.05, 4.69) is 81.9 Å². The first-order valence-electron chi connectivity index (χ1n) is 24.7. The number of rotatable bonds is 16. The lowest BCUT2D eigenvalue weighted by molar-refractivity contribution is 0.0947. The first-order valence-corrected chi connectivity index (χ1v) is 24.7. The second-order valence-corrected chi connectivity index (χ2v) is 17.7. The van der Waals surface area contributed by atoms with Crippen LogP contribution in [0, 0.1) is 11.8 Å². The fraction of sp³-hybridized carbons (Fsp3) is 0.161. The van der Waals surface area contributed by atoms with Crippen LogP contribution < -0.4 is 21.7 Å². The van der Waals surface area contributed by atoms with E-state index in [1.807, 2.05) is 135 Å². The maximum atomic E-state index is 12.6. The zero-order chi connectivity index (χ0) is 52.7. The van der Waals surface area contributed by atoms with Gasteiger partial charge in [-0.3, -0.25) is 19.2 Å². The molecule has 0 unspecified atom stereocenters. The third-order valence-corrected chi connectivity index (χ3v) is 11.2. The molecule has 0 aromatic heterocycles. The number of fused-ring (bicyclic) bond motifs is 2. The molecule has 0 fully saturated rings. The van der Waals surface area contributed by atoms with Gasteiger partial charge in [-0.05, 0) is 140 Å². The predicted molar refractivity (Wildman–Crippen MR) is 304 cm³/mol. The van der Waals surface area contributed by atoms with Crippen molar-refractivity contribution in [3.8, 4) is 22.3 Å². The lowest BCUT2D eigenvalue weighted by atomic mass is 10.0. The Bertz CT molecular complexity index is 3030. The van der Waals surface area contributed by atoms with Crippen molar-refractivity contribution in [1.82, 2.24) is 21.7 Å². The third kappa shape index (κ3) is 16.5. The van der Waals surface area contributed by atoms with Gasteiger partial charge in [0.25, 0.3) is 23.6 Å². The van der Waals surface area contributed by atoms with Crippen molar-refractivity contribution in [3.05, 3.63) is 215 Å². The molecule has 0 aliphatic carbocycles. The number of nitrogens with one attached hydrogen (secondary N) is 4. The van der Waals surface area contributed by atoms with Crippen molar-refractivity contribution in [2.75, 3.05) is 0 Å². The van der Waals surface area contributed by atoms with Crippen LogP contribution in [0.25, 0.3) is 43.8 Å². The fourth-order valence-corrected chi connectivity index (χ4v) is 7.16. The molecule has 8 aromatic rings. The molecule has 0 saturated carbocycles. The summed E-state index contributed by atoms with van der Waals surface area (Å²) in [6, 6.07) is 57.2. The summed E-state index contributed by atoms with van der Waals surface area (Å²) in [6.07, 6.45) is 8.32. The minimum Gasteiger partial charge on any atom is -0.267 e.